The van der Waals surface area contributed by atoms with E-state index in [1.807, 2.05) is 19.1 Å². The van der Waals surface area contributed by atoms with Crippen LogP contribution in [0.15, 0.2) is 35.0 Å². The van der Waals surface area contributed by atoms with Crippen molar-refractivity contribution in [3.8, 4) is 11.8 Å². The lowest BCUT2D eigenvalue weighted by Gasteiger charge is -2.06. The highest BCUT2D eigenvalue weighted by Crippen LogP contribution is 2.11. The number of nitrogens with one attached hydrogen (secondary N) is 1. The first-order chi connectivity index (χ1) is 10.2. The van der Waals surface area contributed by atoms with Gasteiger partial charge in [0.15, 0.2) is 5.76 Å². The van der Waals surface area contributed by atoms with E-state index >= 15 is 0 Å². The highest BCUT2D eigenvalue weighted by molar-refractivity contribution is 5.96. The zero-order valence-corrected chi connectivity index (χ0v) is 11.7. The van der Waals surface area contributed by atoms with Crippen molar-refractivity contribution < 1.29 is 14.4 Å². The molecule has 0 aliphatic rings. The standard InChI is InChI=1S/C16H16N2O3/c1-12-5-6-13(4-2-3-9-19)15(10-12)16(20)17-11-14-7-8-18-21-14/h5-8,10,19H,3,9,11H2,1H3,(H,17,20). The summed E-state index contributed by atoms with van der Waals surface area (Å²) in [6.07, 6.45) is 1.91. The van der Waals surface area contributed by atoms with Crippen molar-refractivity contribution in [1.82, 2.24) is 10.5 Å². The number of carbonyl (C=O) groups is 1. The molecule has 5 heteroatoms. The Morgan fingerprint density at radius 3 is 3.00 bits per heavy atom. The van der Waals surface area contributed by atoms with Crippen molar-refractivity contribution in [2.75, 3.05) is 6.61 Å². The Bertz CT molecular complexity index is 667. The van der Waals surface area contributed by atoms with Gasteiger partial charge in [-0.15, -0.1) is 0 Å². The van der Waals surface area contributed by atoms with Crippen molar-refractivity contribution in [3.63, 3.8) is 0 Å². The average Bonchev–Trinajstić information content (AvgIpc) is 3.00. The Morgan fingerprint density at radius 1 is 1.43 bits per heavy atom. The van der Waals surface area contributed by atoms with Gasteiger partial charge in [-0.2, -0.15) is 0 Å². The molecule has 1 amide bonds. The lowest BCUT2D eigenvalue weighted by molar-refractivity contribution is 0.0946. The number of aliphatic hydroxyl groups excluding tert-OH is 1. The van der Waals surface area contributed by atoms with Crippen molar-refractivity contribution in [2.45, 2.75) is 19.9 Å². The minimum Gasteiger partial charge on any atom is -0.395 e. The van der Waals surface area contributed by atoms with Crippen molar-refractivity contribution in [3.05, 3.63) is 52.9 Å². The van der Waals surface area contributed by atoms with Crippen LogP contribution in [0.2, 0.25) is 0 Å². The van der Waals surface area contributed by atoms with E-state index in [1.54, 1.807) is 12.1 Å². The number of rotatable bonds is 4. The van der Waals surface area contributed by atoms with Gasteiger partial charge in [0.1, 0.15) is 0 Å². The first-order valence-corrected chi connectivity index (χ1v) is 6.59. The van der Waals surface area contributed by atoms with Crippen LogP contribution in [0.1, 0.15) is 33.7 Å². The number of hydrogen-bond donors (Lipinski definition) is 2. The largest absolute Gasteiger partial charge is 0.395 e. The summed E-state index contributed by atoms with van der Waals surface area (Å²) >= 11 is 0. The molecule has 0 saturated carbocycles. The van der Waals surface area contributed by atoms with Gasteiger partial charge in [-0.1, -0.05) is 28.6 Å². The molecule has 0 bridgehead atoms. The van der Waals surface area contributed by atoms with Gasteiger partial charge in [0.05, 0.1) is 24.9 Å². The van der Waals surface area contributed by atoms with Gasteiger partial charge < -0.3 is 14.9 Å². The molecule has 0 radical (unpaired) electrons. The van der Waals surface area contributed by atoms with Crippen LogP contribution in [0.3, 0.4) is 0 Å². The van der Waals surface area contributed by atoms with E-state index in [0.29, 0.717) is 23.3 Å². The van der Waals surface area contributed by atoms with Gasteiger partial charge in [-0.05, 0) is 19.1 Å². The monoisotopic (exact) mass is 284 g/mol. The number of aliphatic hydroxyl groups is 1. The lowest BCUT2D eigenvalue weighted by Crippen LogP contribution is -2.23. The Labute approximate surface area is 123 Å². The second kappa shape index (κ2) is 7.27. The summed E-state index contributed by atoms with van der Waals surface area (Å²) in [6.45, 7) is 2.19. The molecule has 0 fully saturated rings. The van der Waals surface area contributed by atoms with Crippen LogP contribution in [0.5, 0.6) is 0 Å². The quantitative estimate of drug-likeness (QED) is 0.837. The van der Waals surface area contributed by atoms with Crippen LogP contribution in [0.25, 0.3) is 0 Å². The van der Waals surface area contributed by atoms with Crippen molar-refractivity contribution in [2.24, 2.45) is 0 Å². The molecule has 1 aromatic carbocycles. The fraction of sp³-hybridized carbons (Fsp3) is 0.250. The van der Waals surface area contributed by atoms with E-state index in [9.17, 15) is 4.79 Å². The molecule has 108 valence electrons. The van der Waals surface area contributed by atoms with Crippen LogP contribution in [-0.4, -0.2) is 22.8 Å². The zero-order valence-electron chi connectivity index (χ0n) is 11.7. The molecule has 0 atom stereocenters. The molecule has 21 heavy (non-hydrogen) atoms. The van der Waals surface area contributed by atoms with Gasteiger partial charge in [0, 0.05) is 18.1 Å². The fourth-order valence-corrected chi connectivity index (χ4v) is 1.76. The van der Waals surface area contributed by atoms with E-state index in [2.05, 4.69) is 22.3 Å². The van der Waals surface area contributed by atoms with Gasteiger partial charge in [0.2, 0.25) is 0 Å². The van der Waals surface area contributed by atoms with E-state index in [-0.39, 0.29) is 19.1 Å². The van der Waals surface area contributed by atoms with Gasteiger partial charge in [0.25, 0.3) is 5.91 Å². The molecule has 0 aliphatic heterocycles. The van der Waals surface area contributed by atoms with E-state index in [4.69, 9.17) is 9.63 Å². The predicted molar refractivity (Wildman–Crippen MR) is 77.4 cm³/mol. The van der Waals surface area contributed by atoms with Crippen LogP contribution in [0.4, 0.5) is 0 Å². The molecule has 5 nitrogen and oxygen atoms in total. The third-order valence-electron chi connectivity index (χ3n) is 2.79. The highest BCUT2D eigenvalue weighted by Gasteiger charge is 2.11. The zero-order chi connectivity index (χ0) is 15.1. The average molecular weight is 284 g/mol. The second-order valence-corrected chi connectivity index (χ2v) is 4.49. The number of hydrogen-bond acceptors (Lipinski definition) is 4. The van der Waals surface area contributed by atoms with E-state index in [0.717, 1.165) is 5.56 Å². The predicted octanol–water partition coefficient (Wildman–Crippen LogP) is 1.65. The molecule has 1 heterocycles. The molecular formula is C16H16N2O3. The third-order valence-corrected chi connectivity index (χ3v) is 2.79. The van der Waals surface area contributed by atoms with Gasteiger partial charge in [-0.25, -0.2) is 0 Å². The minimum absolute atomic E-state index is 0.00584. The molecule has 2 N–H and O–H groups in total. The van der Waals surface area contributed by atoms with Gasteiger partial charge >= 0.3 is 0 Å². The molecule has 0 unspecified atom stereocenters. The molecule has 2 aromatic rings. The van der Waals surface area contributed by atoms with Crippen molar-refractivity contribution >= 4 is 5.91 Å². The summed E-state index contributed by atoms with van der Waals surface area (Å²) < 4.78 is 4.93. The number of carbonyl (C=O) groups excluding carboxylic acids is 1. The highest BCUT2D eigenvalue weighted by atomic mass is 16.5. The molecule has 0 aliphatic carbocycles. The summed E-state index contributed by atoms with van der Waals surface area (Å²) in [6, 6.07) is 7.19. The van der Waals surface area contributed by atoms with E-state index in [1.165, 1.54) is 6.20 Å². The van der Waals surface area contributed by atoms with Crippen LogP contribution in [0, 0.1) is 18.8 Å². The second-order valence-electron chi connectivity index (χ2n) is 4.49. The number of aryl methyl sites for hydroxylation is 1. The number of aromatic nitrogens is 1. The smallest absolute Gasteiger partial charge is 0.252 e. The Kier molecular flexibility index (Phi) is 5.13. The summed E-state index contributed by atoms with van der Waals surface area (Å²) in [5.41, 5.74) is 2.14. The Hall–Kier alpha value is -2.58. The Balaban J connectivity index is 2.15. The molecule has 1 aromatic heterocycles. The number of benzene rings is 1. The van der Waals surface area contributed by atoms with Crippen LogP contribution >= 0.6 is 0 Å². The van der Waals surface area contributed by atoms with Crippen molar-refractivity contribution in [1.29, 1.82) is 0 Å². The minimum atomic E-state index is -0.219. The normalized spacial score (nSPS) is 9.81. The number of amides is 1. The van der Waals surface area contributed by atoms with Gasteiger partial charge in [-0.3, -0.25) is 4.79 Å². The van der Waals surface area contributed by atoms with E-state index < -0.39 is 0 Å². The number of nitrogens with zero attached hydrogens (tertiary/aromatic N) is 1. The summed E-state index contributed by atoms with van der Waals surface area (Å²) in [7, 11) is 0. The Morgan fingerprint density at radius 2 is 2.29 bits per heavy atom. The first-order valence-electron chi connectivity index (χ1n) is 6.59. The summed E-state index contributed by atoms with van der Waals surface area (Å²) in [4.78, 5) is 12.3. The SMILES string of the molecule is Cc1ccc(C#CCCO)c(C(=O)NCc2ccno2)c1. The van der Waals surface area contributed by atoms with Crippen LogP contribution in [-0.2, 0) is 6.54 Å². The summed E-state index contributed by atoms with van der Waals surface area (Å²) in [5.74, 6) is 6.10. The molecule has 2 rings (SSSR count). The molecular weight excluding hydrogens is 268 g/mol. The summed E-state index contributed by atoms with van der Waals surface area (Å²) in [5, 5.41) is 15.1. The lowest BCUT2D eigenvalue weighted by atomic mass is 10.0. The third kappa shape index (κ3) is 4.20. The maximum atomic E-state index is 12.3. The first kappa shape index (κ1) is 14.8. The van der Waals surface area contributed by atoms with Crippen LogP contribution < -0.4 is 5.32 Å². The maximum absolute atomic E-state index is 12.3. The maximum Gasteiger partial charge on any atom is 0.252 e. The topological polar surface area (TPSA) is 75.4 Å². The fourth-order valence-electron chi connectivity index (χ4n) is 1.76. The molecule has 0 saturated heterocycles. The molecule has 0 spiro atoms.